The molecule has 31 heavy (non-hydrogen) atoms. The largest absolute Gasteiger partial charge is 0.339 e. The average Bonchev–Trinajstić information content (AvgIpc) is 2.74. The maximum atomic E-state index is 12.9. The zero-order valence-electron chi connectivity index (χ0n) is 18.5. The summed E-state index contributed by atoms with van der Waals surface area (Å²) in [5.74, 6) is -0.161. The molecule has 7 heteroatoms. The zero-order valence-corrected chi connectivity index (χ0v) is 19.3. The van der Waals surface area contributed by atoms with E-state index in [1.807, 2.05) is 50.2 Å². The van der Waals surface area contributed by atoms with E-state index in [-0.39, 0.29) is 12.5 Å². The molecule has 1 aliphatic rings. The smallest absolute Gasteiger partial charge is 0.243 e. The molecule has 0 unspecified atom stereocenters. The number of carbonyl (C=O) groups is 1. The lowest BCUT2D eigenvalue weighted by Gasteiger charge is -2.35. The summed E-state index contributed by atoms with van der Waals surface area (Å²) in [5.41, 5.74) is 3.53. The lowest BCUT2D eigenvalue weighted by atomic mass is 10.1. The second-order valence-electron chi connectivity index (χ2n) is 8.05. The van der Waals surface area contributed by atoms with Crippen LogP contribution >= 0.6 is 0 Å². The van der Waals surface area contributed by atoms with Gasteiger partial charge in [0, 0.05) is 32.7 Å². The molecule has 0 saturated carbocycles. The first-order valence-corrected chi connectivity index (χ1v) is 12.4. The highest BCUT2D eigenvalue weighted by Crippen LogP contribution is 2.24. The van der Waals surface area contributed by atoms with Crippen LogP contribution in [0.1, 0.15) is 16.7 Å². The van der Waals surface area contributed by atoms with Gasteiger partial charge >= 0.3 is 0 Å². The van der Waals surface area contributed by atoms with Crippen molar-refractivity contribution in [1.82, 2.24) is 9.80 Å². The third-order valence-corrected chi connectivity index (χ3v) is 6.64. The maximum Gasteiger partial charge on any atom is 0.243 e. The summed E-state index contributed by atoms with van der Waals surface area (Å²) in [6.07, 6.45) is 5.39. The van der Waals surface area contributed by atoms with Gasteiger partial charge in [0.25, 0.3) is 0 Å². The van der Waals surface area contributed by atoms with E-state index in [4.69, 9.17) is 0 Å². The fourth-order valence-corrected chi connectivity index (χ4v) is 4.57. The normalized spacial score (nSPS) is 15.4. The van der Waals surface area contributed by atoms with Crippen LogP contribution in [0.5, 0.6) is 0 Å². The summed E-state index contributed by atoms with van der Waals surface area (Å²) in [6, 6.07) is 15.8. The Balaban J connectivity index is 1.58. The average molecular weight is 442 g/mol. The Morgan fingerprint density at radius 2 is 1.71 bits per heavy atom. The van der Waals surface area contributed by atoms with E-state index in [1.165, 1.54) is 9.87 Å². The van der Waals surface area contributed by atoms with Gasteiger partial charge in [-0.2, -0.15) is 0 Å². The van der Waals surface area contributed by atoms with E-state index in [1.54, 1.807) is 4.90 Å². The minimum atomic E-state index is -3.57. The van der Waals surface area contributed by atoms with Crippen molar-refractivity contribution in [3.63, 3.8) is 0 Å². The van der Waals surface area contributed by atoms with Crippen molar-refractivity contribution >= 4 is 27.7 Å². The van der Waals surface area contributed by atoms with Gasteiger partial charge < -0.3 is 4.90 Å². The van der Waals surface area contributed by atoms with Crippen molar-refractivity contribution in [2.75, 3.05) is 49.8 Å². The number of aryl methyl sites for hydroxylation is 2. The molecule has 2 aromatic carbocycles. The highest BCUT2D eigenvalue weighted by molar-refractivity contribution is 7.92. The number of anilines is 1. The second-order valence-corrected chi connectivity index (χ2v) is 9.96. The first kappa shape index (κ1) is 23.0. The van der Waals surface area contributed by atoms with Crippen molar-refractivity contribution in [2.24, 2.45) is 0 Å². The highest BCUT2D eigenvalue weighted by atomic mass is 32.2. The molecule has 166 valence electrons. The standard InChI is InChI=1S/C24H31N3O3S/c1-20-11-12-21(2)23(18-20)27(31(3,29)30)19-24(28)26-16-14-25(15-17-26)13-7-10-22-8-5-4-6-9-22/h4-12,18H,13-17,19H2,1-3H3. The molecule has 0 N–H and O–H groups in total. The molecular formula is C24H31N3O3S. The molecule has 1 heterocycles. The monoisotopic (exact) mass is 441 g/mol. The summed E-state index contributed by atoms with van der Waals surface area (Å²) in [6.45, 7) is 7.17. The number of rotatable bonds is 7. The van der Waals surface area contributed by atoms with Gasteiger partial charge in [0.2, 0.25) is 15.9 Å². The number of sulfonamides is 1. The summed E-state index contributed by atoms with van der Waals surface area (Å²) < 4.78 is 26.1. The quantitative estimate of drug-likeness (QED) is 0.663. The number of hydrogen-bond acceptors (Lipinski definition) is 4. The molecule has 0 radical (unpaired) electrons. The number of piperazine rings is 1. The molecule has 6 nitrogen and oxygen atoms in total. The molecular weight excluding hydrogens is 410 g/mol. The molecule has 0 spiro atoms. The third-order valence-electron chi connectivity index (χ3n) is 5.51. The van der Waals surface area contributed by atoms with Gasteiger partial charge in [-0.05, 0) is 36.6 Å². The Morgan fingerprint density at radius 1 is 1.03 bits per heavy atom. The minimum absolute atomic E-state index is 0.161. The topological polar surface area (TPSA) is 60.9 Å². The SMILES string of the molecule is Cc1ccc(C)c(N(CC(=O)N2CCN(CC=Cc3ccccc3)CC2)S(C)(=O)=O)c1. The van der Waals surface area contributed by atoms with Crippen molar-refractivity contribution in [3.05, 3.63) is 71.3 Å². The lowest BCUT2D eigenvalue weighted by molar-refractivity contribution is -0.131. The summed E-state index contributed by atoms with van der Waals surface area (Å²) in [5, 5.41) is 0. The van der Waals surface area contributed by atoms with Crippen LogP contribution in [-0.4, -0.2) is 69.6 Å². The molecule has 1 aliphatic heterocycles. The van der Waals surface area contributed by atoms with E-state index in [0.29, 0.717) is 18.8 Å². The van der Waals surface area contributed by atoms with Gasteiger partial charge in [0.15, 0.2) is 0 Å². The molecule has 0 aromatic heterocycles. The number of benzene rings is 2. The Morgan fingerprint density at radius 3 is 2.35 bits per heavy atom. The van der Waals surface area contributed by atoms with Gasteiger partial charge in [-0.3, -0.25) is 14.0 Å². The van der Waals surface area contributed by atoms with E-state index < -0.39 is 10.0 Å². The van der Waals surface area contributed by atoms with E-state index in [0.717, 1.165) is 37.0 Å². The van der Waals surface area contributed by atoms with E-state index in [2.05, 4.69) is 29.2 Å². The maximum absolute atomic E-state index is 12.9. The Hall–Kier alpha value is -2.64. The number of carbonyl (C=O) groups excluding carboxylic acids is 1. The zero-order chi connectivity index (χ0) is 22.4. The van der Waals surface area contributed by atoms with Crippen LogP contribution in [0.15, 0.2) is 54.6 Å². The second kappa shape index (κ2) is 10.1. The summed E-state index contributed by atoms with van der Waals surface area (Å²) in [7, 11) is -3.57. The molecule has 1 fully saturated rings. The molecule has 1 saturated heterocycles. The van der Waals surface area contributed by atoms with E-state index in [9.17, 15) is 13.2 Å². The molecule has 0 atom stereocenters. The summed E-state index contributed by atoms with van der Waals surface area (Å²) >= 11 is 0. The van der Waals surface area contributed by atoms with Crippen LogP contribution in [0.25, 0.3) is 6.08 Å². The predicted octanol–water partition coefficient (Wildman–Crippen LogP) is 2.93. The Labute approximate surface area is 185 Å². The highest BCUT2D eigenvalue weighted by Gasteiger charge is 2.27. The van der Waals surface area contributed by atoms with Crippen LogP contribution < -0.4 is 4.31 Å². The van der Waals surface area contributed by atoms with Crippen molar-refractivity contribution in [1.29, 1.82) is 0 Å². The van der Waals surface area contributed by atoms with Crippen LogP contribution in [0.2, 0.25) is 0 Å². The van der Waals surface area contributed by atoms with Gasteiger partial charge in [0.05, 0.1) is 11.9 Å². The molecule has 0 aliphatic carbocycles. The fourth-order valence-electron chi connectivity index (χ4n) is 3.67. The van der Waals surface area contributed by atoms with Crippen LogP contribution in [0.3, 0.4) is 0 Å². The van der Waals surface area contributed by atoms with Crippen LogP contribution in [-0.2, 0) is 14.8 Å². The van der Waals surface area contributed by atoms with Crippen molar-refractivity contribution in [2.45, 2.75) is 13.8 Å². The lowest BCUT2D eigenvalue weighted by Crippen LogP contribution is -2.51. The number of amides is 1. The Bertz CT molecular complexity index is 1030. The van der Waals surface area contributed by atoms with Crippen molar-refractivity contribution < 1.29 is 13.2 Å². The van der Waals surface area contributed by atoms with Crippen LogP contribution in [0, 0.1) is 13.8 Å². The number of hydrogen-bond donors (Lipinski definition) is 0. The molecule has 0 bridgehead atoms. The first-order valence-electron chi connectivity index (χ1n) is 10.5. The van der Waals surface area contributed by atoms with Gasteiger partial charge in [-0.1, -0.05) is 54.6 Å². The minimum Gasteiger partial charge on any atom is -0.339 e. The molecule has 1 amide bonds. The Kier molecular flexibility index (Phi) is 7.51. The summed E-state index contributed by atoms with van der Waals surface area (Å²) in [4.78, 5) is 17.0. The van der Waals surface area contributed by atoms with Gasteiger partial charge in [-0.15, -0.1) is 0 Å². The fraction of sp³-hybridized carbons (Fsp3) is 0.375. The van der Waals surface area contributed by atoms with Crippen molar-refractivity contribution in [3.8, 4) is 0 Å². The number of nitrogens with zero attached hydrogens (tertiary/aromatic N) is 3. The first-order chi connectivity index (χ1) is 14.7. The van der Waals surface area contributed by atoms with E-state index >= 15 is 0 Å². The predicted molar refractivity (Wildman–Crippen MR) is 127 cm³/mol. The van der Waals surface area contributed by atoms with Crippen LogP contribution in [0.4, 0.5) is 5.69 Å². The van der Waals surface area contributed by atoms with Gasteiger partial charge in [-0.25, -0.2) is 8.42 Å². The molecule has 2 aromatic rings. The molecule has 3 rings (SSSR count). The van der Waals surface area contributed by atoms with Gasteiger partial charge in [0.1, 0.15) is 6.54 Å². The third kappa shape index (κ3) is 6.42.